The first-order valence-electron chi connectivity index (χ1n) is 11.7. The molecule has 4 atom stereocenters. The lowest BCUT2D eigenvalue weighted by Crippen LogP contribution is -2.30. The number of rotatable bonds is 6. The van der Waals surface area contributed by atoms with Crippen LogP contribution in [0.4, 0.5) is 13.2 Å². The molecular weight excluding hydrogens is 409 g/mol. The SMILES string of the molecule is C=CC1CCC2CC(c3ccc(-c4ccc(OC/C=C/C)c(F)c4F)cc3F)CCC2C1. The summed E-state index contributed by atoms with van der Waals surface area (Å²) >= 11 is 0. The number of hydrogen-bond acceptors (Lipinski definition) is 1. The van der Waals surface area contributed by atoms with Gasteiger partial charge in [0.25, 0.3) is 0 Å². The lowest BCUT2D eigenvalue weighted by Gasteiger charge is -2.41. The van der Waals surface area contributed by atoms with Gasteiger partial charge >= 0.3 is 0 Å². The van der Waals surface area contributed by atoms with Gasteiger partial charge in [0, 0.05) is 5.56 Å². The van der Waals surface area contributed by atoms with Gasteiger partial charge in [-0.2, -0.15) is 4.39 Å². The maximum absolute atomic E-state index is 15.1. The predicted molar refractivity (Wildman–Crippen MR) is 123 cm³/mol. The molecule has 2 aromatic rings. The van der Waals surface area contributed by atoms with Gasteiger partial charge in [0.1, 0.15) is 12.4 Å². The van der Waals surface area contributed by atoms with Crippen LogP contribution in [0.25, 0.3) is 11.1 Å². The van der Waals surface area contributed by atoms with Crippen LogP contribution in [-0.4, -0.2) is 6.61 Å². The molecule has 2 aliphatic rings. The highest BCUT2D eigenvalue weighted by molar-refractivity contribution is 5.66. The van der Waals surface area contributed by atoms with Gasteiger partial charge in [0.2, 0.25) is 5.82 Å². The Hall–Kier alpha value is -2.49. The highest BCUT2D eigenvalue weighted by Gasteiger charge is 2.36. The van der Waals surface area contributed by atoms with Crippen molar-refractivity contribution in [2.24, 2.45) is 17.8 Å². The Morgan fingerprint density at radius 2 is 1.75 bits per heavy atom. The van der Waals surface area contributed by atoms with E-state index in [9.17, 15) is 8.78 Å². The van der Waals surface area contributed by atoms with Crippen molar-refractivity contribution in [2.45, 2.75) is 51.4 Å². The molecule has 0 N–H and O–H groups in total. The Labute approximate surface area is 189 Å². The van der Waals surface area contributed by atoms with Crippen molar-refractivity contribution >= 4 is 0 Å². The normalized spacial score (nSPS) is 25.5. The van der Waals surface area contributed by atoms with Gasteiger partial charge in [-0.05, 0) is 98.4 Å². The number of hydrogen-bond donors (Lipinski definition) is 0. The number of benzene rings is 2. The molecule has 4 unspecified atom stereocenters. The van der Waals surface area contributed by atoms with Crippen molar-refractivity contribution in [1.29, 1.82) is 0 Å². The highest BCUT2D eigenvalue weighted by Crippen LogP contribution is 2.48. The van der Waals surface area contributed by atoms with E-state index in [4.69, 9.17) is 4.74 Å². The van der Waals surface area contributed by atoms with E-state index in [1.54, 1.807) is 24.3 Å². The van der Waals surface area contributed by atoms with E-state index in [2.05, 4.69) is 12.7 Å². The molecule has 170 valence electrons. The average Bonchev–Trinajstić information content (AvgIpc) is 2.81. The first-order chi connectivity index (χ1) is 15.5. The molecule has 32 heavy (non-hydrogen) atoms. The fourth-order valence-electron chi connectivity index (χ4n) is 5.55. The smallest absolute Gasteiger partial charge is 0.201 e. The largest absolute Gasteiger partial charge is 0.486 e. The summed E-state index contributed by atoms with van der Waals surface area (Å²) in [6.45, 7) is 5.93. The second-order valence-corrected chi connectivity index (χ2v) is 9.19. The standard InChI is InChI=1S/C28H31F3O/c1-3-5-14-32-26-13-12-24(27(30)28(26)31)22-10-11-23(25(29)17-22)21-9-8-19-15-18(4-2)6-7-20(19)16-21/h3-5,10-13,17-21H,2,6-9,14-16H2,1H3/b5-3+. The number of halogens is 3. The second-order valence-electron chi connectivity index (χ2n) is 9.19. The van der Waals surface area contributed by atoms with Crippen LogP contribution >= 0.6 is 0 Å². The average molecular weight is 441 g/mol. The second kappa shape index (κ2) is 9.97. The van der Waals surface area contributed by atoms with Gasteiger partial charge in [0.15, 0.2) is 11.6 Å². The van der Waals surface area contributed by atoms with Gasteiger partial charge < -0.3 is 4.74 Å². The van der Waals surface area contributed by atoms with Crippen LogP contribution in [0.2, 0.25) is 0 Å². The molecule has 0 radical (unpaired) electrons. The molecule has 2 fully saturated rings. The van der Waals surface area contributed by atoms with Crippen molar-refractivity contribution in [3.63, 3.8) is 0 Å². The summed E-state index contributed by atoms with van der Waals surface area (Å²) in [6.07, 6.45) is 12.2. The molecule has 0 aliphatic heterocycles. The van der Waals surface area contributed by atoms with E-state index in [1.807, 2.05) is 6.92 Å². The molecule has 1 nitrogen and oxygen atoms in total. The minimum Gasteiger partial charge on any atom is -0.486 e. The van der Waals surface area contributed by atoms with Crippen LogP contribution in [0.15, 0.2) is 55.1 Å². The topological polar surface area (TPSA) is 9.23 Å². The first-order valence-corrected chi connectivity index (χ1v) is 11.7. The van der Waals surface area contributed by atoms with E-state index >= 15 is 4.39 Å². The van der Waals surface area contributed by atoms with Crippen LogP contribution in [0.3, 0.4) is 0 Å². The summed E-state index contributed by atoms with van der Waals surface area (Å²) in [7, 11) is 0. The zero-order valence-corrected chi connectivity index (χ0v) is 18.6. The van der Waals surface area contributed by atoms with Gasteiger partial charge in [-0.1, -0.05) is 30.4 Å². The van der Waals surface area contributed by atoms with E-state index in [0.29, 0.717) is 23.0 Å². The highest BCUT2D eigenvalue weighted by atomic mass is 19.2. The molecule has 0 bridgehead atoms. The van der Waals surface area contributed by atoms with Crippen molar-refractivity contribution in [1.82, 2.24) is 0 Å². The molecular formula is C28H31F3O. The number of allylic oxidation sites excluding steroid dienone is 2. The summed E-state index contributed by atoms with van der Waals surface area (Å²) in [6, 6.07) is 7.65. The van der Waals surface area contributed by atoms with Crippen LogP contribution in [-0.2, 0) is 0 Å². The Morgan fingerprint density at radius 1 is 0.969 bits per heavy atom. The van der Waals surface area contributed by atoms with E-state index in [-0.39, 0.29) is 29.7 Å². The molecule has 0 spiro atoms. The Kier molecular flexibility index (Phi) is 7.07. The molecule has 2 saturated carbocycles. The van der Waals surface area contributed by atoms with E-state index in [0.717, 1.165) is 25.2 Å². The lowest BCUT2D eigenvalue weighted by molar-refractivity contribution is 0.132. The fourth-order valence-corrected chi connectivity index (χ4v) is 5.55. The van der Waals surface area contributed by atoms with Gasteiger partial charge in [-0.3, -0.25) is 0 Å². The molecule has 4 rings (SSSR count). The van der Waals surface area contributed by atoms with Crippen molar-refractivity contribution in [2.75, 3.05) is 6.61 Å². The third-order valence-electron chi connectivity index (χ3n) is 7.36. The molecule has 2 aromatic carbocycles. The van der Waals surface area contributed by atoms with E-state index < -0.39 is 11.6 Å². The van der Waals surface area contributed by atoms with Crippen molar-refractivity contribution in [3.05, 3.63) is 78.2 Å². The quantitative estimate of drug-likeness (QED) is 0.411. The summed E-state index contributed by atoms with van der Waals surface area (Å²) in [5, 5.41) is 0. The Morgan fingerprint density at radius 3 is 2.50 bits per heavy atom. The third-order valence-corrected chi connectivity index (χ3v) is 7.36. The summed E-state index contributed by atoms with van der Waals surface area (Å²) in [5.74, 6) is -0.377. The van der Waals surface area contributed by atoms with Crippen LogP contribution in [0, 0.1) is 35.2 Å². The van der Waals surface area contributed by atoms with Crippen LogP contribution < -0.4 is 4.74 Å². The molecule has 0 aromatic heterocycles. The van der Waals surface area contributed by atoms with Crippen molar-refractivity contribution < 1.29 is 17.9 Å². The minimum atomic E-state index is -1.05. The Bertz CT molecular complexity index is 996. The van der Waals surface area contributed by atoms with Crippen LogP contribution in [0.5, 0.6) is 5.75 Å². The van der Waals surface area contributed by atoms with Gasteiger partial charge in [-0.25, -0.2) is 8.78 Å². The molecule has 0 heterocycles. The molecule has 4 heteroatoms. The van der Waals surface area contributed by atoms with Crippen molar-refractivity contribution in [3.8, 4) is 16.9 Å². The third kappa shape index (κ3) is 4.65. The molecule has 0 saturated heterocycles. The van der Waals surface area contributed by atoms with Crippen LogP contribution in [0.1, 0.15) is 56.9 Å². The molecule has 2 aliphatic carbocycles. The minimum absolute atomic E-state index is 0.0396. The first kappa shape index (κ1) is 22.7. The Balaban J connectivity index is 1.50. The van der Waals surface area contributed by atoms with E-state index in [1.165, 1.54) is 37.5 Å². The monoisotopic (exact) mass is 440 g/mol. The zero-order chi connectivity index (χ0) is 22.7. The number of ether oxygens (including phenoxy) is 1. The molecule has 0 amide bonds. The van der Waals surface area contributed by atoms with Gasteiger partial charge in [0.05, 0.1) is 0 Å². The maximum atomic E-state index is 15.1. The predicted octanol–water partition coefficient (Wildman–Crippen LogP) is 8.21. The zero-order valence-electron chi connectivity index (χ0n) is 18.6. The summed E-state index contributed by atoms with van der Waals surface area (Å²) in [4.78, 5) is 0. The number of fused-ring (bicyclic) bond motifs is 1. The maximum Gasteiger partial charge on any atom is 0.201 e. The van der Waals surface area contributed by atoms with Gasteiger partial charge in [-0.15, -0.1) is 6.58 Å². The fraction of sp³-hybridized carbons (Fsp3) is 0.429. The summed E-state index contributed by atoms with van der Waals surface area (Å²) in [5.41, 5.74) is 1.07. The lowest BCUT2D eigenvalue weighted by atomic mass is 9.64. The summed E-state index contributed by atoms with van der Waals surface area (Å²) < 4.78 is 49.5.